The third kappa shape index (κ3) is 2.25. The second-order valence-corrected chi connectivity index (χ2v) is 4.65. The van der Waals surface area contributed by atoms with Crippen molar-refractivity contribution in [3.8, 4) is 0 Å². The highest BCUT2D eigenvalue weighted by molar-refractivity contribution is 6.00. The van der Waals surface area contributed by atoms with E-state index in [0.29, 0.717) is 11.6 Å². The monoisotopic (exact) mass is 271 g/mol. The average molecular weight is 271 g/mol. The normalized spacial score (nSPS) is 17.2. The van der Waals surface area contributed by atoms with Crippen molar-refractivity contribution in [2.45, 2.75) is 19.4 Å². The Morgan fingerprint density at radius 1 is 1.40 bits per heavy atom. The smallest absolute Gasteiger partial charge is 0.252 e. The Labute approximate surface area is 115 Å². The van der Waals surface area contributed by atoms with Gasteiger partial charge in [-0.05, 0) is 19.1 Å². The molecule has 1 amide bonds. The van der Waals surface area contributed by atoms with Crippen molar-refractivity contribution in [3.05, 3.63) is 36.2 Å². The minimum absolute atomic E-state index is 0.0497. The summed E-state index contributed by atoms with van der Waals surface area (Å²) in [6.45, 7) is 1.97. The Bertz CT molecular complexity index is 662. The number of nitrogens with one attached hydrogen (secondary N) is 2. The Kier molecular flexibility index (Phi) is 2.94. The lowest BCUT2D eigenvalue weighted by Gasteiger charge is -2.22. The topological polar surface area (TPSA) is 88.9 Å². The molecule has 0 fully saturated rings. The molecule has 0 unspecified atom stereocenters. The van der Waals surface area contributed by atoms with E-state index in [-0.39, 0.29) is 18.2 Å². The molecule has 2 heterocycles. The number of aryl methyl sites for hydroxylation is 1. The number of benzene rings is 1. The van der Waals surface area contributed by atoms with Gasteiger partial charge in [-0.25, -0.2) is 0 Å². The van der Waals surface area contributed by atoms with Crippen molar-refractivity contribution in [2.75, 3.05) is 10.6 Å². The van der Waals surface area contributed by atoms with Gasteiger partial charge in [-0.1, -0.05) is 17.7 Å². The van der Waals surface area contributed by atoms with Crippen LogP contribution in [0.4, 0.5) is 11.6 Å². The zero-order valence-electron chi connectivity index (χ0n) is 10.8. The molecule has 20 heavy (non-hydrogen) atoms. The molecule has 0 aliphatic carbocycles. The first-order valence-corrected chi connectivity index (χ1v) is 6.21. The van der Waals surface area contributed by atoms with Gasteiger partial charge in [0.25, 0.3) is 5.91 Å². The maximum Gasteiger partial charge on any atom is 0.252 e. The van der Waals surface area contributed by atoms with Crippen molar-refractivity contribution in [1.29, 1.82) is 0 Å². The number of carbonyl (C=O) groups is 2. The van der Waals surface area contributed by atoms with Crippen molar-refractivity contribution < 1.29 is 9.59 Å². The number of rotatable bonds is 2. The van der Waals surface area contributed by atoms with Crippen LogP contribution in [0, 0.1) is 6.92 Å². The molecular formula is C13H13N5O2. The lowest BCUT2D eigenvalue weighted by Crippen LogP contribution is -2.42. The molecule has 0 spiro atoms. The van der Waals surface area contributed by atoms with Crippen LogP contribution < -0.4 is 10.6 Å². The van der Waals surface area contributed by atoms with Crippen LogP contribution in [0.2, 0.25) is 0 Å². The first-order valence-electron chi connectivity index (χ1n) is 6.21. The number of fused-ring (bicyclic) bond motifs is 1. The van der Waals surface area contributed by atoms with E-state index in [9.17, 15) is 9.59 Å². The van der Waals surface area contributed by atoms with Crippen LogP contribution in [-0.4, -0.2) is 32.6 Å². The van der Waals surface area contributed by atoms with E-state index in [2.05, 4.69) is 20.7 Å². The molecular weight excluding hydrogens is 258 g/mol. The lowest BCUT2D eigenvalue weighted by molar-refractivity contribution is -0.117. The maximum atomic E-state index is 12.1. The molecule has 1 aromatic heterocycles. The second-order valence-electron chi connectivity index (χ2n) is 4.65. The summed E-state index contributed by atoms with van der Waals surface area (Å²) in [7, 11) is 0. The summed E-state index contributed by atoms with van der Waals surface area (Å²) in [6, 6.07) is 6.82. The van der Waals surface area contributed by atoms with Gasteiger partial charge in [-0.15, -0.1) is 0 Å². The van der Waals surface area contributed by atoms with Gasteiger partial charge in [0.2, 0.25) is 11.9 Å². The minimum atomic E-state index is -0.638. The van der Waals surface area contributed by atoms with Crippen LogP contribution in [0.15, 0.2) is 30.6 Å². The van der Waals surface area contributed by atoms with Crippen molar-refractivity contribution in [2.24, 2.45) is 0 Å². The summed E-state index contributed by atoms with van der Waals surface area (Å²) in [4.78, 5) is 27.8. The molecule has 3 rings (SSSR count). The van der Waals surface area contributed by atoms with Crippen LogP contribution in [0.25, 0.3) is 0 Å². The van der Waals surface area contributed by atoms with Gasteiger partial charge < -0.3 is 10.6 Å². The van der Waals surface area contributed by atoms with Crippen molar-refractivity contribution in [3.63, 3.8) is 0 Å². The second kappa shape index (κ2) is 4.76. The van der Waals surface area contributed by atoms with Gasteiger partial charge in [0.15, 0.2) is 0 Å². The fourth-order valence-electron chi connectivity index (χ4n) is 2.01. The fraction of sp³-hybridized carbons (Fsp3) is 0.231. The van der Waals surface area contributed by atoms with E-state index >= 15 is 0 Å². The van der Waals surface area contributed by atoms with Gasteiger partial charge in [0.05, 0.1) is 6.42 Å². The van der Waals surface area contributed by atoms with E-state index in [1.54, 1.807) is 0 Å². The summed E-state index contributed by atoms with van der Waals surface area (Å²) in [5.74, 6) is -0.220. The lowest BCUT2D eigenvalue weighted by atomic mass is 10.1. The highest BCUT2D eigenvalue weighted by Crippen LogP contribution is 2.16. The molecule has 7 heteroatoms. The van der Waals surface area contributed by atoms with Crippen LogP contribution in [0.1, 0.15) is 16.8 Å². The number of amides is 1. The van der Waals surface area contributed by atoms with Gasteiger partial charge in [0.1, 0.15) is 12.4 Å². The fourth-order valence-corrected chi connectivity index (χ4v) is 2.01. The van der Waals surface area contributed by atoms with Gasteiger partial charge in [0, 0.05) is 5.69 Å². The number of carbonyl (C=O) groups excluding carboxylic acids is 2. The van der Waals surface area contributed by atoms with Crippen molar-refractivity contribution in [1.82, 2.24) is 14.8 Å². The molecule has 1 aliphatic rings. The zero-order chi connectivity index (χ0) is 14.1. The average Bonchev–Trinajstić information content (AvgIpc) is 2.90. The predicted octanol–water partition coefficient (Wildman–Crippen LogP) is 1.05. The van der Waals surface area contributed by atoms with Crippen LogP contribution in [-0.2, 0) is 4.79 Å². The van der Waals surface area contributed by atoms with E-state index in [4.69, 9.17) is 0 Å². The minimum Gasteiger partial charge on any atom is -0.342 e. The Hall–Kier alpha value is -2.70. The Balaban J connectivity index is 1.73. The largest absolute Gasteiger partial charge is 0.342 e. The van der Waals surface area contributed by atoms with Gasteiger partial charge >= 0.3 is 0 Å². The summed E-state index contributed by atoms with van der Waals surface area (Å²) in [5, 5.41) is 9.45. The molecule has 1 atom stereocenters. The maximum absolute atomic E-state index is 12.1. The highest BCUT2D eigenvalue weighted by atomic mass is 16.2. The molecule has 0 saturated heterocycles. The molecule has 0 radical (unpaired) electrons. The summed E-state index contributed by atoms with van der Waals surface area (Å²) >= 11 is 0. The molecule has 2 aromatic rings. The van der Waals surface area contributed by atoms with Crippen LogP contribution in [0.5, 0.6) is 0 Å². The SMILES string of the molecule is Cc1ccc(NC(=O)[C@H]2CC(=O)n3ncnc3N2)cc1. The van der Waals surface area contributed by atoms with E-state index in [1.165, 1.54) is 6.33 Å². The number of nitrogens with zero attached hydrogens (tertiary/aromatic N) is 3. The molecule has 1 aromatic carbocycles. The molecule has 0 bridgehead atoms. The van der Waals surface area contributed by atoms with Crippen molar-refractivity contribution >= 4 is 23.5 Å². The zero-order valence-corrected chi connectivity index (χ0v) is 10.8. The Morgan fingerprint density at radius 2 is 2.15 bits per heavy atom. The standard InChI is InChI=1S/C13H13N5O2/c1-8-2-4-9(5-3-8)16-12(20)10-6-11(19)18-13(17-10)14-7-15-18/h2-5,7,10H,6H2,1H3,(H,16,20)(H,14,15,17)/t10-/m1/s1. The highest BCUT2D eigenvalue weighted by Gasteiger charge is 2.30. The summed E-state index contributed by atoms with van der Waals surface area (Å²) < 4.78 is 1.16. The Morgan fingerprint density at radius 3 is 2.90 bits per heavy atom. The summed E-state index contributed by atoms with van der Waals surface area (Å²) in [6.07, 6.45) is 1.33. The predicted molar refractivity (Wildman–Crippen MR) is 72.5 cm³/mol. The first kappa shape index (κ1) is 12.3. The number of hydrogen-bond acceptors (Lipinski definition) is 5. The molecule has 7 nitrogen and oxygen atoms in total. The van der Waals surface area contributed by atoms with Crippen LogP contribution in [0.3, 0.4) is 0 Å². The number of hydrogen-bond donors (Lipinski definition) is 2. The van der Waals surface area contributed by atoms with E-state index < -0.39 is 6.04 Å². The number of anilines is 2. The first-order chi connectivity index (χ1) is 9.63. The van der Waals surface area contributed by atoms with E-state index in [1.807, 2.05) is 31.2 Å². The third-order valence-corrected chi connectivity index (χ3v) is 3.10. The quantitative estimate of drug-likeness (QED) is 0.852. The van der Waals surface area contributed by atoms with Crippen LogP contribution >= 0.6 is 0 Å². The molecule has 0 saturated carbocycles. The summed E-state index contributed by atoms with van der Waals surface area (Å²) in [5.41, 5.74) is 1.81. The van der Waals surface area contributed by atoms with Gasteiger partial charge in [-0.2, -0.15) is 14.8 Å². The van der Waals surface area contributed by atoms with Gasteiger partial charge in [-0.3, -0.25) is 9.59 Å². The molecule has 1 aliphatic heterocycles. The molecule has 2 N–H and O–H groups in total. The number of aromatic nitrogens is 3. The molecule has 102 valence electrons. The van der Waals surface area contributed by atoms with E-state index in [0.717, 1.165) is 10.2 Å². The third-order valence-electron chi connectivity index (χ3n) is 3.10.